The minimum atomic E-state index is 0.648. The summed E-state index contributed by atoms with van der Waals surface area (Å²) in [6, 6.07) is 2.74. The van der Waals surface area contributed by atoms with Crippen LogP contribution in [0.1, 0.15) is 37.5 Å². The van der Waals surface area contributed by atoms with Crippen molar-refractivity contribution in [3.05, 3.63) is 23.7 Å². The van der Waals surface area contributed by atoms with E-state index in [1.54, 1.807) is 0 Å². The van der Waals surface area contributed by atoms with Crippen LogP contribution in [-0.4, -0.2) is 49.6 Å². The minimum Gasteiger partial charge on any atom is -0.468 e. The van der Waals surface area contributed by atoms with E-state index in [4.69, 9.17) is 4.42 Å². The van der Waals surface area contributed by atoms with Gasteiger partial charge in [-0.25, -0.2) is 0 Å². The van der Waals surface area contributed by atoms with Crippen molar-refractivity contribution >= 4 is 0 Å². The molecular weight excluding hydrogens is 250 g/mol. The summed E-state index contributed by atoms with van der Waals surface area (Å²) in [6.45, 7) is 7.48. The van der Waals surface area contributed by atoms with E-state index in [0.717, 1.165) is 25.4 Å². The van der Waals surface area contributed by atoms with Gasteiger partial charge in [0.2, 0.25) is 0 Å². The molecule has 20 heavy (non-hydrogen) atoms. The highest BCUT2D eigenvalue weighted by molar-refractivity contribution is 5.16. The molecule has 0 aromatic carbocycles. The van der Waals surface area contributed by atoms with Crippen LogP contribution in [0, 0.1) is 0 Å². The van der Waals surface area contributed by atoms with Crippen molar-refractivity contribution in [3.63, 3.8) is 0 Å². The Morgan fingerprint density at radius 1 is 1.50 bits per heavy atom. The lowest BCUT2D eigenvalue weighted by molar-refractivity contribution is 0.123. The SMILES string of the molecule is CCCNCc1ccoc1CN(C)C1CCCN(C)C1. The summed E-state index contributed by atoms with van der Waals surface area (Å²) in [6.07, 6.45) is 5.58. The molecular formula is C16H29N3O. The molecule has 0 saturated carbocycles. The average Bonchev–Trinajstić information content (AvgIpc) is 2.86. The van der Waals surface area contributed by atoms with E-state index in [1.807, 2.05) is 6.26 Å². The van der Waals surface area contributed by atoms with Gasteiger partial charge in [-0.1, -0.05) is 6.92 Å². The van der Waals surface area contributed by atoms with Gasteiger partial charge in [0, 0.05) is 24.7 Å². The Bertz CT molecular complexity index is 391. The fourth-order valence-electron chi connectivity index (χ4n) is 2.92. The summed E-state index contributed by atoms with van der Waals surface area (Å²) in [4.78, 5) is 4.87. The molecule has 0 bridgehead atoms. The average molecular weight is 279 g/mol. The third-order valence-electron chi connectivity index (χ3n) is 4.20. The van der Waals surface area contributed by atoms with Gasteiger partial charge in [0.15, 0.2) is 0 Å². The second-order valence-electron chi connectivity index (χ2n) is 6.02. The monoisotopic (exact) mass is 279 g/mol. The molecule has 1 N–H and O–H groups in total. The van der Waals surface area contributed by atoms with Crippen molar-refractivity contribution in [2.45, 2.75) is 45.3 Å². The lowest BCUT2D eigenvalue weighted by atomic mass is 10.0. The molecule has 0 amide bonds. The Hall–Kier alpha value is -0.840. The predicted molar refractivity (Wildman–Crippen MR) is 82.7 cm³/mol. The molecule has 114 valence electrons. The molecule has 1 aromatic rings. The number of likely N-dealkylation sites (tertiary alicyclic amines) is 1. The zero-order valence-corrected chi connectivity index (χ0v) is 13.2. The van der Waals surface area contributed by atoms with E-state index in [0.29, 0.717) is 6.04 Å². The second kappa shape index (κ2) is 7.81. The lowest BCUT2D eigenvalue weighted by Gasteiger charge is -2.35. The van der Waals surface area contributed by atoms with Crippen LogP contribution in [0.25, 0.3) is 0 Å². The summed E-state index contributed by atoms with van der Waals surface area (Å²) < 4.78 is 5.69. The van der Waals surface area contributed by atoms with Gasteiger partial charge in [0.25, 0.3) is 0 Å². The zero-order chi connectivity index (χ0) is 14.4. The van der Waals surface area contributed by atoms with Gasteiger partial charge >= 0.3 is 0 Å². The van der Waals surface area contributed by atoms with Gasteiger partial charge in [0.05, 0.1) is 12.8 Å². The maximum atomic E-state index is 5.69. The molecule has 4 heteroatoms. The number of piperidine rings is 1. The quantitative estimate of drug-likeness (QED) is 0.776. The summed E-state index contributed by atoms with van der Waals surface area (Å²) >= 11 is 0. The van der Waals surface area contributed by atoms with Crippen LogP contribution in [-0.2, 0) is 13.1 Å². The van der Waals surface area contributed by atoms with E-state index in [2.05, 4.69) is 42.2 Å². The van der Waals surface area contributed by atoms with Crippen molar-refractivity contribution in [3.8, 4) is 0 Å². The number of hydrogen-bond donors (Lipinski definition) is 1. The van der Waals surface area contributed by atoms with Crippen LogP contribution in [0.2, 0.25) is 0 Å². The summed E-state index contributed by atoms with van der Waals surface area (Å²) in [7, 11) is 4.43. The largest absolute Gasteiger partial charge is 0.468 e. The Morgan fingerprint density at radius 2 is 2.35 bits per heavy atom. The van der Waals surface area contributed by atoms with Crippen LogP contribution >= 0.6 is 0 Å². The van der Waals surface area contributed by atoms with Gasteiger partial charge in [-0.3, -0.25) is 4.90 Å². The first-order valence-electron chi connectivity index (χ1n) is 7.85. The third-order valence-corrected chi connectivity index (χ3v) is 4.20. The fourth-order valence-corrected chi connectivity index (χ4v) is 2.92. The van der Waals surface area contributed by atoms with Crippen molar-refractivity contribution in [1.82, 2.24) is 15.1 Å². The number of nitrogens with one attached hydrogen (secondary N) is 1. The molecule has 1 aliphatic rings. The first-order valence-corrected chi connectivity index (χ1v) is 7.85. The van der Waals surface area contributed by atoms with Crippen LogP contribution in [0.3, 0.4) is 0 Å². The molecule has 2 heterocycles. The molecule has 1 fully saturated rings. The van der Waals surface area contributed by atoms with Gasteiger partial charge in [-0.2, -0.15) is 0 Å². The number of furan rings is 1. The first-order chi connectivity index (χ1) is 9.70. The molecule has 1 atom stereocenters. The highest BCUT2D eigenvalue weighted by Crippen LogP contribution is 2.18. The van der Waals surface area contributed by atoms with Gasteiger partial charge in [0.1, 0.15) is 5.76 Å². The van der Waals surface area contributed by atoms with E-state index in [9.17, 15) is 0 Å². The fraction of sp³-hybridized carbons (Fsp3) is 0.750. The molecule has 0 aliphatic carbocycles. The maximum Gasteiger partial charge on any atom is 0.122 e. The van der Waals surface area contributed by atoms with Crippen LogP contribution in [0.4, 0.5) is 0 Å². The van der Waals surface area contributed by atoms with Gasteiger partial charge < -0.3 is 14.6 Å². The summed E-state index contributed by atoms with van der Waals surface area (Å²) in [5.41, 5.74) is 1.30. The number of rotatable bonds is 7. The standard InChI is InChI=1S/C16H29N3O/c1-4-8-17-11-14-7-10-20-16(14)13-19(3)15-6-5-9-18(2)12-15/h7,10,15,17H,4-6,8-9,11-13H2,1-3H3. The van der Waals surface area contributed by atoms with E-state index < -0.39 is 0 Å². The molecule has 1 aliphatic heterocycles. The Balaban J connectivity index is 1.87. The molecule has 1 saturated heterocycles. The normalized spacial score (nSPS) is 20.7. The minimum absolute atomic E-state index is 0.648. The van der Waals surface area contributed by atoms with E-state index >= 15 is 0 Å². The highest BCUT2D eigenvalue weighted by atomic mass is 16.3. The third kappa shape index (κ3) is 4.33. The topological polar surface area (TPSA) is 31.7 Å². The number of nitrogens with zero attached hydrogens (tertiary/aromatic N) is 2. The molecule has 4 nitrogen and oxygen atoms in total. The molecule has 1 unspecified atom stereocenters. The van der Waals surface area contributed by atoms with Crippen LogP contribution in [0.15, 0.2) is 16.7 Å². The van der Waals surface area contributed by atoms with Crippen molar-refractivity contribution in [2.75, 3.05) is 33.7 Å². The van der Waals surface area contributed by atoms with E-state index in [1.165, 1.54) is 37.9 Å². The Morgan fingerprint density at radius 3 is 3.10 bits per heavy atom. The first kappa shape index (κ1) is 15.5. The molecule has 1 aromatic heterocycles. The summed E-state index contributed by atoms with van der Waals surface area (Å²) in [5.74, 6) is 1.12. The van der Waals surface area contributed by atoms with Crippen LogP contribution in [0.5, 0.6) is 0 Å². The predicted octanol–water partition coefficient (Wildman–Crippen LogP) is 2.31. The van der Waals surface area contributed by atoms with Crippen molar-refractivity contribution in [2.24, 2.45) is 0 Å². The lowest BCUT2D eigenvalue weighted by Crippen LogP contribution is -2.44. The van der Waals surface area contributed by atoms with Crippen molar-refractivity contribution < 1.29 is 4.42 Å². The maximum absolute atomic E-state index is 5.69. The summed E-state index contributed by atoms with van der Waals surface area (Å²) in [5, 5.41) is 3.45. The Kier molecular flexibility index (Phi) is 6.07. The van der Waals surface area contributed by atoms with Crippen LogP contribution < -0.4 is 5.32 Å². The molecule has 0 radical (unpaired) electrons. The molecule has 2 rings (SSSR count). The number of likely N-dealkylation sites (N-methyl/N-ethyl adjacent to an activating group) is 2. The van der Waals surface area contributed by atoms with Gasteiger partial charge in [-0.15, -0.1) is 0 Å². The smallest absolute Gasteiger partial charge is 0.122 e. The van der Waals surface area contributed by atoms with Gasteiger partial charge in [-0.05, 0) is 52.5 Å². The second-order valence-corrected chi connectivity index (χ2v) is 6.02. The zero-order valence-electron chi connectivity index (χ0n) is 13.2. The van der Waals surface area contributed by atoms with Crippen molar-refractivity contribution in [1.29, 1.82) is 0 Å². The van der Waals surface area contributed by atoms with E-state index in [-0.39, 0.29) is 0 Å². The highest BCUT2D eigenvalue weighted by Gasteiger charge is 2.22. The Labute approximate surface area is 123 Å². The molecule has 0 spiro atoms. The number of hydrogen-bond acceptors (Lipinski definition) is 4.